The third-order valence-electron chi connectivity index (χ3n) is 2.42. The van der Waals surface area contributed by atoms with E-state index in [1.807, 2.05) is 0 Å². The minimum absolute atomic E-state index is 0.132. The highest BCUT2D eigenvalue weighted by molar-refractivity contribution is 5.27. The number of rotatable bonds is 5. The average molecular weight is 227 g/mol. The van der Waals surface area contributed by atoms with Crippen molar-refractivity contribution in [1.82, 2.24) is 4.98 Å². The Kier molecular flexibility index (Phi) is 4.67. The summed E-state index contributed by atoms with van der Waals surface area (Å²) in [5.74, 6) is 0.463. The third kappa shape index (κ3) is 2.91. The quantitative estimate of drug-likeness (QED) is 0.668. The molecular formula is C11H17NO4. The van der Waals surface area contributed by atoms with Gasteiger partial charge in [-0.3, -0.25) is 0 Å². The zero-order valence-corrected chi connectivity index (χ0v) is 9.42. The molecule has 5 nitrogen and oxygen atoms in total. The van der Waals surface area contributed by atoms with Crippen molar-refractivity contribution in [2.75, 3.05) is 13.7 Å². The second kappa shape index (κ2) is 5.79. The van der Waals surface area contributed by atoms with Crippen LogP contribution in [0.2, 0.25) is 0 Å². The molecule has 1 aromatic rings. The standard InChI is InChI=1S/C11H17NO4/c1-7-8(3-4-10(12-7)16-2)11(15)9(14)5-6-13/h3-4,9,11,13-15H,5-6H2,1-2H3. The molecule has 5 heteroatoms. The van der Waals surface area contributed by atoms with Gasteiger partial charge in [0, 0.05) is 23.9 Å². The van der Waals surface area contributed by atoms with E-state index in [0.29, 0.717) is 17.1 Å². The van der Waals surface area contributed by atoms with Crippen LogP contribution in [0.3, 0.4) is 0 Å². The fourth-order valence-corrected chi connectivity index (χ4v) is 1.47. The summed E-state index contributed by atoms with van der Waals surface area (Å²) >= 11 is 0. The maximum Gasteiger partial charge on any atom is 0.213 e. The Morgan fingerprint density at radius 1 is 1.38 bits per heavy atom. The first-order valence-electron chi connectivity index (χ1n) is 5.08. The lowest BCUT2D eigenvalue weighted by molar-refractivity contribution is 0.00363. The van der Waals surface area contributed by atoms with Crippen LogP contribution in [0.25, 0.3) is 0 Å². The number of ether oxygens (including phenoxy) is 1. The van der Waals surface area contributed by atoms with Crippen molar-refractivity contribution in [3.05, 3.63) is 23.4 Å². The zero-order chi connectivity index (χ0) is 12.1. The fourth-order valence-electron chi connectivity index (χ4n) is 1.47. The largest absolute Gasteiger partial charge is 0.481 e. The monoisotopic (exact) mass is 227 g/mol. The van der Waals surface area contributed by atoms with E-state index >= 15 is 0 Å². The molecule has 0 aliphatic rings. The SMILES string of the molecule is COc1ccc(C(O)C(O)CCO)c(C)n1. The predicted octanol–water partition coefficient (Wildman–Crippen LogP) is 0.175. The molecule has 0 aromatic carbocycles. The van der Waals surface area contributed by atoms with Gasteiger partial charge in [0.05, 0.1) is 13.2 Å². The number of aromatic nitrogens is 1. The minimum atomic E-state index is -1.04. The second-order valence-electron chi connectivity index (χ2n) is 3.55. The molecule has 1 rings (SSSR count). The van der Waals surface area contributed by atoms with E-state index in [2.05, 4.69) is 4.98 Å². The molecule has 0 fully saturated rings. The number of aliphatic hydroxyl groups excluding tert-OH is 3. The lowest BCUT2D eigenvalue weighted by Gasteiger charge is -2.18. The summed E-state index contributed by atoms with van der Waals surface area (Å²) in [4.78, 5) is 4.10. The van der Waals surface area contributed by atoms with Crippen LogP contribution in [0.1, 0.15) is 23.8 Å². The van der Waals surface area contributed by atoms with Crippen LogP contribution in [0.5, 0.6) is 5.88 Å². The van der Waals surface area contributed by atoms with Crippen LogP contribution in [0, 0.1) is 6.92 Å². The second-order valence-corrected chi connectivity index (χ2v) is 3.55. The average Bonchev–Trinajstić information content (AvgIpc) is 2.28. The molecule has 0 aliphatic carbocycles. The Bertz CT molecular complexity index is 343. The molecule has 2 atom stereocenters. The summed E-state index contributed by atoms with van der Waals surface area (Å²) < 4.78 is 4.94. The topological polar surface area (TPSA) is 82.8 Å². The van der Waals surface area contributed by atoms with Crippen molar-refractivity contribution in [3.8, 4) is 5.88 Å². The summed E-state index contributed by atoms with van der Waals surface area (Å²) in [5.41, 5.74) is 1.14. The van der Waals surface area contributed by atoms with Gasteiger partial charge in [-0.05, 0) is 19.4 Å². The summed E-state index contributed by atoms with van der Waals surface area (Å²) in [5, 5.41) is 28.1. The minimum Gasteiger partial charge on any atom is -0.481 e. The molecule has 0 saturated carbocycles. The molecule has 1 aromatic heterocycles. The highest BCUT2D eigenvalue weighted by Crippen LogP contribution is 2.23. The maximum atomic E-state index is 9.82. The number of hydrogen-bond acceptors (Lipinski definition) is 5. The van der Waals surface area contributed by atoms with Crippen molar-refractivity contribution in [3.63, 3.8) is 0 Å². The van der Waals surface area contributed by atoms with Gasteiger partial charge in [-0.25, -0.2) is 4.98 Å². The van der Waals surface area contributed by atoms with E-state index in [-0.39, 0.29) is 13.0 Å². The third-order valence-corrected chi connectivity index (χ3v) is 2.42. The van der Waals surface area contributed by atoms with E-state index in [0.717, 1.165) is 0 Å². The van der Waals surface area contributed by atoms with Gasteiger partial charge in [-0.2, -0.15) is 0 Å². The van der Waals surface area contributed by atoms with Gasteiger partial charge in [-0.15, -0.1) is 0 Å². The number of aryl methyl sites for hydroxylation is 1. The van der Waals surface area contributed by atoms with Crippen LogP contribution in [-0.2, 0) is 0 Å². The van der Waals surface area contributed by atoms with Gasteiger partial charge < -0.3 is 20.1 Å². The van der Waals surface area contributed by atoms with Crippen molar-refractivity contribution >= 4 is 0 Å². The van der Waals surface area contributed by atoms with Crippen LogP contribution >= 0.6 is 0 Å². The van der Waals surface area contributed by atoms with E-state index < -0.39 is 12.2 Å². The highest BCUT2D eigenvalue weighted by atomic mass is 16.5. The van der Waals surface area contributed by atoms with Crippen molar-refractivity contribution in [2.45, 2.75) is 25.6 Å². The van der Waals surface area contributed by atoms with E-state index in [1.54, 1.807) is 19.1 Å². The Balaban J connectivity index is 2.87. The van der Waals surface area contributed by atoms with Gasteiger partial charge in [0.1, 0.15) is 6.10 Å². The summed E-state index contributed by atoms with van der Waals surface area (Å²) in [6, 6.07) is 3.28. The van der Waals surface area contributed by atoms with E-state index in [9.17, 15) is 10.2 Å². The van der Waals surface area contributed by atoms with Crippen molar-refractivity contribution in [1.29, 1.82) is 0 Å². The van der Waals surface area contributed by atoms with E-state index in [1.165, 1.54) is 7.11 Å². The zero-order valence-electron chi connectivity index (χ0n) is 9.42. The Hall–Kier alpha value is -1.17. The molecule has 3 N–H and O–H groups in total. The first-order chi connectivity index (χ1) is 7.60. The summed E-state index contributed by atoms with van der Waals surface area (Å²) in [6.45, 7) is 1.56. The summed E-state index contributed by atoms with van der Waals surface area (Å²) in [6.07, 6.45) is -1.89. The van der Waals surface area contributed by atoms with Crippen LogP contribution in [0.4, 0.5) is 0 Å². The first-order valence-corrected chi connectivity index (χ1v) is 5.08. The molecule has 90 valence electrons. The Morgan fingerprint density at radius 3 is 2.56 bits per heavy atom. The maximum absolute atomic E-state index is 9.82. The van der Waals surface area contributed by atoms with Crippen LogP contribution in [0.15, 0.2) is 12.1 Å². The fraction of sp³-hybridized carbons (Fsp3) is 0.545. The first kappa shape index (κ1) is 12.9. The Labute approximate surface area is 94.3 Å². The molecule has 0 bridgehead atoms. The van der Waals surface area contributed by atoms with Crippen LogP contribution < -0.4 is 4.74 Å². The van der Waals surface area contributed by atoms with Gasteiger partial charge >= 0.3 is 0 Å². The highest BCUT2D eigenvalue weighted by Gasteiger charge is 2.20. The smallest absolute Gasteiger partial charge is 0.213 e. The number of nitrogens with zero attached hydrogens (tertiary/aromatic N) is 1. The van der Waals surface area contributed by atoms with Crippen molar-refractivity contribution in [2.24, 2.45) is 0 Å². The van der Waals surface area contributed by atoms with Gasteiger partial charge in [0.25, 0.3) is 0 Å². The molecule has 16 heavy (non-hydrogen) atoms. The van der Waals surface area contributed by atoms with Crippen molar-refractivity contribution < 1.29 is 20.1 Å². The molecule has 0 amide bonds. The molecule has 0 radical (unpaired) electrons. The lowest BCUT2D eigenvalue weighted by Crippen LogP contribution is -2.20. The lowest BCUT2D eigenvalue weighted by atomic mass is 10.0. The van der Waals surface area contributed by atoms with E-state index in [4.69, 9.17) is 9.84 Å². The molecule has 0 saturated heterocycles. The normalized spacial score (nSPS) is 14.6. The Morgan fingerprint density at radius 2 is 2.06 bits per heavy atom. The van der Waals surface area contributed by atoms with Crippen LogP contribution in [-0.4, -0.2) is 40.1 Å². The molecule has 0 aliphatic heterocycles. The number of hydrogen-bond donors (Lipinski definition) is 3. The van der Waals surface area contributed by atoms with Gasteiger partial charge in [0.2, 0.25) is 5.88 Å². The number of methoxy groups -OCH3 is 1. The number of aliphatic hydroxyl groups is 3. The molecule has 0 spiro atoms. The summed E-state index contributed by atoms with van der Waals surface area (Å²) in [7, 11) is 1.51. The number of pyridine rings is 1. The molecule has 2 unspecified atom stereocenters. The van der Waals surface area contributed by atoms with Gasteiger partial charge in [0.15, 0.2) is 0 Å². The van der Waals surface area contributed by atoms with Gasteiger partial charge in [-0.1, -0.05) is 0 Å². The molecule has 1 heterocycles. The predicted molar refractivity (Wildman–Crippen MR) is 58.2 cm³/mol. The molecular weight excluding hydrogens is 210 g/mol.